The molecule has 1 aromatic rings. The minimum Gasteiger partial charge on any atom is -0.466 e. The molecule has 0 unspecified atom stereocenters. The summed E-state index contributed by atoms with van der Waals surface area (Å²) in [5.74, 6) is -0.453. The molecule has 0 aromatic heterocycles. The second kappa shape index (κ2) is 6.48. The van der Waals surface area contributed by atoms with Crippen LogP contribution in [0, 0.1) is 0 Å². The fourth-order valence-electron chi connectivity index (χ4n) is 0.912. The van der Waals surface area contributed by atoms with Crippen LogP contribution in [-0.2, 0) is 9.53 Å². The molecule has 3 nitrogen and oxygen atoms in total. The highest BCUT2D eigenvalue weighted by molar-refractivity contribution is 9.10. The maximum atomic E-state index is 10.9. The Morgan fingerprint density at radius 1 is 1.40 bits per heavy atom. The number of benzene rings is 1. The molecule has 82 valence electrons. The predicted octanol–water partition coefficient (Wildman–Crippen LogP) is 2.34. The monoisotopic (exact) mass is 291 g/mol. The van der Waals surface area contributed by atoms with E-state index in [1.54, 1.807) is 0 Å². The number of carbonyl (C=O) groups excluding carboxylic acids is 1. The molecule has 0 amide bonds. The van der Waals surface area contributed by atoms with Crippen LogP contribution in [0.5, 0.6) is 0 Å². The number of methoxy groups -OCH3 is 1. The molecule has 0 fully saturated rings. The van der Waals surface area contributed by atoms with Crippen LogP contribution < -0.4 is 5.73 Å². The van der Waals surface area contributed by atoms with E-state index in [0.29, 0.717) is 5.70 Å². The molecule has 0 radical (unpaired) electrons. The summed E-state index contributed by atoms with van der Waals surface area (Å²) < 4.78 is 5.43. The molecule has 5 heteroatoms. The van der Waals surface area contributed by atoms with Crippen LogP contribution in [0.1, 0.15) is 5.56 Å². The minimum atomic E-state index is -0.453. The van der Waals surface area contributed by atoms with Gasteiger partial charge in [-0.05, 0) is 17.7 Å². The highest BCUT2D eigenvalue weighted by atomic mass is 79.9. The van der Waals surface area contributed by atoms with E-state index >= 15 is 0 Å². The molecule has 0 atom stereocenters. The topological polar surface area (TPSA) is 52.3 Å². The van der Waals surface area contributed by atoms with Gasteiger partial charge in [-0.15, -0.1) is 12.4 Å². The van der Waals surface area contributed by atoms with Gasteiger partial charge in [0.05, 0.1) is 7.11 Å². The van der Waals surface area contributed by atoms with E-state index in [-0.39, 0.29) is 12.4 Å². The number of rotatable bonds is 2. The lowest BCUT2D eigenvalue weighted by molar-refractivity contribution is -0.134. The fraction of sp³-hybridized carbons (Fsp3) is 0.100. The Kier molecular flexibility index (Phi) is 6.05. The zero-order valence-electron chi connectivity index (χ0n) is 8.07. The van der Waals surface area contributed by atoms with Gasteiger partial charge in [0.25, 0.3) is 0 Å². The first-order valence-corrected chi connectivity index (χ1v) is 4.74. The molecular formula is C10H11BrClNO2. The first-order chi connectivity index (χ1) is 6.63. The van der Waals surface area contributed by atoms with Gasteiger partial charge in [-0.25, -0.2) is 4.79 Å². The zero-order valence-corrected chi connectivity index (χ0v) is 10.5. The molecule has 1 rings (SSSR count). The van der Waals surface area contributed by atoms with E-state index in [2.05, 4.69) is 20.7 Å². The van der Waals surface area contributed by atoms with Crippen LogP contribution in [0.25, 0.3) is 5.70 Å². The normalized spacial score (nSPS) is 10.4. The van der Waals surface area contributed by atoms with Crippen molar-refractivity contribution in [2.75, 3.05) is 7.11 Å². The second-order valence-corrected chi connectivity index (χ2v) is 3.55. The highest BCUT2D eigenvalue weighted by Crippen LogP contribution is 2.14. The first kappa shape index (κ1) is 14.0. The third-order valence-corrected chi connectivity index (χ3v) is 2.18. The molecule has 0 aliphatic heterocycles. The lowest BCUT2D eigenvalue weighted by atomic mass is 10.1. The summed E-state index contributed by atoms with van der Waals surface area (Å²) in [6, 6.07) is 7.35. The van der Waals surface area contributed by atoms with Crippen molar-refractivity contribution in [1.29, 1.82) is 0 Å². The van der Waals surface area contributed by atoms with Crippen LogP contribution in [0.2, 0.25) is 0 Å². The van der Waals surface area contributed by atoms with E-state index in [4.69, 9.17) is 5.73 Å². The summed E-state index contributed by atoms with van der Waals surface area (Å²) >= 11 is 3.31. The van der Waals surface area contributed by atoms with E-state index in [9.17, 15) is 4.79 Å². The van der Waals surface area contributed by atoms with Crippen molar-refractivity contribution in [1.82, 2.24) is 0 Å². The second-order valence-electron chi connectivity index (χ2n) is 2.63. The molecule has 2 N–H and O–H groups in total. The Morgan fingerprint density at radius 3 is 2.40 bits per heavy atom. The number of esters is 1. The van der Waals surface area contributed by atoms with E-state index < -0.39 is 5.97 Å². The average Bonchev–Trinajstić information content (AvgIpc) is 2.18. The van der Waals surface area contributed by atoms with Crippen molar-refractivity contribution in [2.45, 2.75) is 0 Å². The number of hydrogen-bond acceptors (Lipinski definition) is 3. The van der Waals surface area contributed by atoms with Gasteiger partial charge in [-0.3, -0.25) is 0 Å². The summed E-state index contributed by atoms with van der Waals surface area (Å²) in [5.41, 5.74) is 6.85. The Hall–Kier alpha value is -1.000. The van der Waals surface area contributed by atoms with E-state index in [1.807, 2.05) is 24.3 Å². The molecule has 0 spiro atoms. The van der Waals surface area contributed by atoms with Crippen molar-refractivity contribution in [3.8, 4) is 0 Å². The van der Waals surface area contributed by atoms with E-state index in [0.717, 1.165) is 10.0 Å². The van der Waals surface area contributed by atoms with Crippen molar-refractivity contribution in [2.24, 2.45) is 5.73 Å². The Balaban J connectivity index is 0.00000196. The van der Waals surface area contributed by atoms with Crippen molar-refractivity contribution < 1.29 is 9.53 Å². The molecule has 0 saturated heterocycles. The summed E-state index contributed by atoms with van der Waals surface area (Å²) in [6.45, 7) is 0. The van der Waals surface area contributed by atoms with Crippen molar-refractivity contribution >= 4 is 40.0 Å². The summed E-state index contributed by atoms with van der Waals surface area (Å²) in [4.78, 5) is 10.9. The average molecular weight is 293 g/mol. The van der Waals surface area contributed by atoms with Gasteiger partial charge in [-0.1, -0.05) is 28.1 Å². The SMILES string of the molecule is COC(=O)/C=C(\N)c1ccc(Br)cc1.Cl. The first-order valence-electron chi connectivity index (χ1n) is 3.94. The molecule has 0 bridgehead atoms. The third kappa shape index (κ3) is 4.36. The molecule has 0 aliphatic rings. The summed E-state index contributed by atoms with van der Waals surface area (Å²) in [6.07, 6.45) is 1.25. The van der Waals surface area contributed by atoms with Gasteiger partial charge in [0, 0.05) is 16.2 Å². The minimum absolute atomic E-state index is 0. The van der Waals surface area contributed by atoms with Crippen LogP contribution in [0.15, 0.2) is 34.8 Å². The largest absolute Gasteiger partial charge is 0.466 e. The number of nitrogens with two attached hydrogens (primary N) is 1. The maximum Gasteiger partial charge on any atom is 0.332 e. The molecule has 0 aliphatic carbocycles. The van der Waals surface area contributed by atoms with Gasteiger partial charge < -0.3 is 10.5 Å². The number of ether oxygens (including phenoxy) is 1. The van der Waals surface area contributed by atoms with Crippen LogP contribution >= 0.6 is 28.3 Å². The van der Waals surface area contributed by atoms with E-state index in [1.165, 1.54) is 13.2 Å². The Bertz CT molecular complexity index is 362. The molecule has 1 aromatic carbocycles. The summed E-state index contributed by atoms with van der Waals surface area (Å²) in [7, 11) is 1.31. The maximum absolute atomic E-state index is 10.9. The van der Waals surface area contributed by atoms with Gasteiger partial charge in [0.15, 0.2) is 0 Å². The van der Waals surface area contributed by atoms with Gasteiger partial charge in [0.2, 0.25) is 0 Å². The van der Waals surface area contributed by atoms with Gasteiger partial charge in [-0.2, -0.15) is 0 Å². The fourth-order valence-corrected chi connectivity index (χ4v) is 1.18. The van der Waals surface area contributed by atoms with Crippen molar-refractivity contribution in [3.63, 3.8) is 0 Å². The molecule has 0 heterocycles. The number of carbonyl (C=O) groups is 1. The Morgan fingerprint density at radius 2 is 1.93 bits per heavy atom. The molecule has 0 saturated carbocycles. The standard InChI is InChI=1S/C10H10BrNO2.ClH/c1-14-10(13)6-9(12)7-2-4-8(11)5-3-7;/h2-6H,12H2,1H3;1H/b9-6-;. The predicted molar refractivity (Wildman–Crippen MR) is 65.6 cm³/mol. The molecular weight excluding hydrogens is 281 g/mol. The zero-order chi connectivity index (χ0) is 10.6. The van der Waals surface area contributed by atoms with Crippen molar-refractivity contribution in [3.05, 3.63) is 40.4 Å². The lowest BCUT2D eigenvalue weighted by Crippen LogP contribution is -2.02. The highest BCUT2D eigenvalue weighted by Gasteiger charge is 2.00. The van der Waals surface area contributed by atoms with Gasteiger partial charge >= 0.3 is 5.97 Å². The molecule has 15 heavy (non-hydrogen) atoms. The van der Waals surface area contributed by atoms with Crippen LogP contribution in [0.3, 0.4) is 0 Å². The van der Waals surface area contributed by atoms with Crippen LogP contribution in [0.4, 0.5) is 0 Å². The Labute approximate surface area is 103 Å². The quantitative estimate of drug-likeness (QED) is 0.672. The third-order valence-electron chi connectivity index (χ3n) is 1.65. The summed E-state index contributed by atoms with van der Waals surface area (Å²) in [5, 5.41) is 0. The lowest BCUT2D eigenvalue weighted by Gasteiger charge is -2.00. The van der Waals surface area contributed by atoms with Gasteiger partial charge in [0.1, 0.15) is 0 Å². The van der Waals surface area contributed by atoms with Crippen LogP contribution in [-0.4, -0.2) is 13.1 Å². The smallest absolute Gasteiger partial charge is 0.332 e. The number of halogens is 2. The number of hydrogen-bond donors (Lipinski definition) is 1.